The Morgan fingerprint density at radius 2 is 2.20 bits per heavy atom. The summed E-state index contributed by atoms with van der Waals surface area (Å²) in [6.45, 7) is 6.32. The standard InChI is InChI=1S/C14H19N5S/c1-4-14(2,3)19-12(18-13-16-8-9-20-13)17-11-6-5-7-15-10-11/h5-10H,4H2,1-3H3,(H2,16,17,18,19). The Balaban J connectivity index is 2.20. The van der Waals surface area contributed by atoms with Gasteiger partial charge < -0.3 is 10.6 Å². The van der Waals surface area contributed by atoms with E-state index in [1.54, 1.807) is 18.6 Å². The number of aromatic nitrogens is 2. The molecule has 0 aromatic carbocycles. The Labute approximate surface area is 123 Å². The minimum Gasteiger partial charge on any atom is -0.325 e. The molecule has 0 saturated carbocycles. The second-order valence-electron chi connectivity index (χ2n) is 4.96. The zero-order valence-electron chi connectivity index (χ0n) is 11.9. The van der Waals surface area contributed by atoms with Gasteiger partial charge in [0, 0.05) is 17.8 Å². The van der Waals surface area contributed by atoms with E-state index in [-0.39, 0.29) is 5.54 Å². The Morgan fingerprint density at radius 1 is 1.35 bits per heavy atom. The lowest BCUT2D eigenvalue weighted by Crippen LogP contribution is -2.28. The molecule has 2 aromatic rings. The summed E-state index contributed by atoms with van der Waals surface area (Å²) < 4.78 is 0. The van der Waals surface area contributed by atoms with Gasteiger partial charge in [-0.1, -0.05) is 6.92 Å². The van der Waals surface area contributed by atoms with Crippen LogP contribution in [0.25, 0.3) is 0 Å². The van der Waals surface area contributed by atoms with Crippen molar-refractivity contribution in [2.75, 3.05) is 10.6 Å². The molecule has 0 fully saturated rings. The number of hydrogen-bond donors (Lipinski definition) is 2. The maximum Gasteiger partial charge on any atom is 0.202 e. The molecule has 0 aliphatic rings. The first-order chi connectivity index (χ1) is 9.59. The number of pyridine rings is 1. The highest BCUT2D eigenvalue weighted by atomic mass is 32.1. The first kappa shape index (κ1) is 14.5. The summed E-state index contributed by atoms with van der Waals surface area (Å²) in [4.78, 5) is 13.0. The molecule has 0 aliphatic heterocycles. The van der Waals surface area contributed by atoms with Gasteiger partial charge in [-0.15, -0.1) is 11.3 Å². The fraction of sp³-hybridized carbons (Fsp3) is 0.357. The van der Waals surface area contributed by atoms with E-state index in [2.05, 4.69) is 41.4 Å². The van der Waals surface area contributed by atoms with Crippen molar-refractivity contribution in [3.63, 3.8) is 0 Å². The average Bonchev–Trinajstić information content (AvgIpc) is 2.92. The lowest BCUT2D eigenvalue weighted by molar-refractivity contribution is 0.505. The maximum absolute atomic E-state index is 4.73. The number of thiazole rings is 1. The molecule has 0 saturated heterocycles. The highest BCUT2D eigenvalue weighted by Gasteiger charge is 2.15. The first-order valence-corrected chi connectivity index (χ1v) is 7.40. The third-order valence-corrected chi connectivity index (χ3v) is 3.55. The summed E-state index contributed by atoms with van der Waals surface area (Å²) >= 11 is 1.54. The van der Waals surface area contributed by atoms with Gasteiger partial charge in [-0.05, 0) is 32.4 Å². The van der Waals surface area contributed by atoms with Gasteiger partial charge in [0.15, 0.2) is 5.13 Å². The quantitative estimate of drug-likeness (QED) is 0.667. The summed E-state index contributed by atoms with van der Waals surface area (Å²) in [6, 6.07) is 3.83. The lowest BCUT2D eigenvalue weighted by atomic mass is 10.0. The number of aliphatic imine (C=N–C) groups is 1. The van der Waals surface area contributed by atoms with Crippen molar-refractivity contribution in [2.24, 2.45) is 4.99 Å². The van der Waals surface area contributed by atoms with Crippen LogP contribution >= 0.6 is 11.3 Å². The van der Waals surface area contributed by atoms with Crippen molar-refractivity contribution in [2.45, 2.75) is 32.7 Å². The Hall–Kier alpha value is -1.95. The van der Waals surface area contributed by atoms with Crippen LogP contribution in [0.1, 0.15) is 27.2 Å². The highest BCUT2D eigenvalue weighted by molar-refractivity contribution is 7.13. The highest BCUT2D eigenvalue weighted by Crippen LogP contribution is 2.17. The molecular formula is C14H19N5S. The van der Waals surface area contributed by atoms with Crippen molar-refractivity contribution in [1.29, 1.82) is 0 Å². The van der Waals surface area contributed by atoms with Crippen LogP contribution in [0, 0.1) is 0 Å². The molecule has 0 atom stereocenters. The second kappa shape index (κ2) is 6.47. The van der Waals surface area contributed by atoms with E-state index in [0.29, 0.717) is 5.96 Å². The number of rotatable bonds is 4. The zero-order chi connectivity index (χ0) is 14.4. The van der Waals surface area contributed by atoms with Gasteiger partial charge in [-0.2, -0.15) is 0 Å². The molecule has 2 rings (SSSR count). The molecule has 0 radical (unpaired) electrons. The number of anilines is 2. The number of hydrogen-bond acceptors (Lipinski definition) is 4. The summed E-state index contributed by atoms with van der Waals surface area (Å²) in [5.41, 5.74) is 0.747. The monoisotopic (exact) mass is 289 g/mol. The van der Waals surface area contributed by atoms with Crippen LogP contribution < -0.4 is 10.6 Å². The van der Waals surface area contributed by atoms with Crippen LogP contribution in [0.2, 0.25) is 0 Å². The largest absolute Gasteiger partial charge is 0.325 e. The smallest absolute Gasteiger partial charge is 0.202 e. The molecule has 2 aromatic heterocycles. The number of guanidine groups is 1. The Kier molecular flexibility index (Phi) is 4.68. The molecule has 20 heavy (non-hydrogen) atoms. The summed E-state index contributed by atoms with van der Waals surface area (Å²) in [5, 5.41) is 9.20. The lowest BCUT2D eigenvalue weighted by Gasteiger charge is -2.20. The van der Waals surface area contributed by atoms with Crippen LogP contribution in [-0.4, -0.2) is 21.5 Å². The van der Waals surface area contributed by atoms with E-state index in [1.165, 1.54) is 11.3 Å². The van der Waals surface area contributed by atoms with E-state index in [0.717, 1.165) is 17.2 Å². The van der Waals surface area contributed by atoms with Crippen molar-refractivity contribution in [3.8, 4) is 0 Å². The molecule has 2 heterocycles. The van der Waals surface area contributed by atoms with Gasteiger partial charge in [-0.3, -0.25) is 4.98 Å². The van der Waals surface area contributed by atoms with Crippen molar-refractivity contribution in [1.82, 2.24) is 9.97 Å². The average molecular weight is 289 g/mol. The molecule has 6 heteroatoms. The molecule has 0 aliphatic carbocycles. The molecule has 0 unspecified atom stereocenters. The molecule has 5 nitrogen and oxygen atoms in total. The minimum atomic E-state index is -0.144. The number of nitrogens with zero attached hydrogens (tertiary/aromatic N) is 3. The third kappa shape index (κ3) is 4.31. The molecule has 2 N–H and O–H groups in total. The Bertz CT molecular complexity index is 548. The predicted molar refractivity (Wildman–Crippen MR) is 85.4 cm³/mol. The normalized spacial score (nSPS) is 12.2. The molecular weight excluding hydrogens is 270 g/mol. The van der Waals surface area contributed by atoms with Crippen LogP contribution in [0.5, 0.6) is 0 Å². The SMILES string of the molecule is CCC(C)(C)N=C(Nc1cccnc1)Nc1nccs1. The van der Waals surface area contributed by atoms with Gasteiger partial charge in [0.2, 0.25) is 5.96 Å². The summed E-state index contributed by atoms with van der Waals surface area (Å²) in [6.07, 6.45) is 6.22. The van der Waals surface area contributed by atoms with Gasteiger partial charge >= 0.3 is 0 Å². The summed E-state index contributed by atoms with van der Waals surface area (Å²) in [5.74, 6) is 0.680. The molecule has 0 amide bonds. The van der Waals surface area contributed by atoms with E-state index >= 15 is 0 Å². The van der Waals surface area contributed by atoms with Crippen molar-refractivity contribution < 1.29 is 0 Å². The molecule has 0 bridgehead atoms. The van der Waals surface area contributed by atoms with Crippen LogP contribution in [-0.2, 0) is 0 Å². The van der Waals surface area contributed by atoms with Crippen molar-refractivity contribution >= 4 is 28.1 Å². The van der Waals surface area contributed by atoms with Gasteiger partial charge in [0.1, 0.15) is 0 Å². The van der Waals surface area contributed by atoms with E-state index in [1.807, 2.05) is 17.5 Å². The molecule has 0 spiro atoms. The van der Waals surface area contributed by atoms with E-state index < -0.39 is 0 Å². The zero-order valence-corrected chi connectivity index (χ0v) is 12.7. The summed E-state index contributed by atoms with van der Waals surface area (Å²) in [7, 11) is 0. The predicted octanol–water partition coefficient (Wildman–Crippen LogP) is 3.61. The van der Waals surface area contributed by atoms with Crippen LogP contribution in [0.15, 0.2) is 41.1 Å². The van der Waals surface area contributed by atoms with Crippen LogP contribution in [0.4, 0.5) is 10.8 Å². The van der Waals surface area contributed by atoms with Crippen LogP contribution in [0.3, 0.4) is 0 Å². The fourth-order valence-corrected chi connectivity index (χ4v) is 1.96. The molecule has 106 valence electrons. The van der Waals surface area contributed by atoms with E-state index in [4.69, 9.17) is 4.99 Å². The Morgan fingerprint density at radius 3 is 2.80 bits per heavy atom. The number of nitrogens with one attached hydrogen (secondary N) is 2. The minimum absolute atomic E-state index is 0.144. The maximum atomic E-state index is 4.73. The van der Waals surface area contributed by atoms with Gasteiger partial charge in [0.05, 0.1) is 17.4 Å². The fourth-order valence-electron chi connectivity index (χ4n) is 1.43. The van der Waals surface area contributed by atoms with E-state index in [9.17, 15) is 0 Å². The first-order valence-electron chi connectivity index (χ1n) is 6.52. The second-order valence-corrected chi connectivity index (χ2v) is 5.85. The van der Waals surface area contributed by atoms with Crippen molar-refractivity contribution in [3.05, 3.63) is 36.1 Å². The van der Waals surface area contributed by atoms with Gasteiger partial charge in [-0.25, -0.2) is 9.98 Å². The topological polar surface area (TPSA) is 62.2 Å². The third-order valence-electron chi connectivity index (χ3n) is 2.86. The van der Waals surface area contributed by atoms with Gasteiger partial charge in [0.25, 0.3) is 0 Å².